The van der Waals surface area contributed by atoms with Crippen molar-refractivity contribution < 1.29 is 28.7 Å². The maximum atomic E-state index is 12.3. The minimum atomic E-state index is -0.725. The van der Waals surface area contributed by atoms with Gasteiger partial charge in [0.05, 0.1) is 19.6 Å². The van der Waals surface area contributed by atoms with Crippen LogP contribution in [0.1, 0.15) is 97.3 Å². The molecule has 0 aromatic rings. The molecule has 2 saturated heterocycles. The molecule has 9 heteroatoms. The van der Waals surface area contributed by atoms with E-state index in [2.05, 4.69) is 29.8 Å². The Hall–Kier alpha value is -1.64. The number of hydrogen-bond acceptors (Lipinski definition) is 6. The zero-order valence-electron chi connectivity index (χ0n) is 22.9. The highest BCUT2D eigenvalue weighted by Crippen LogP contribution is 2.17. The number of halogens is 1. The van der Waals surface area contributed by atoms with Gasteiger partial charge >= 0.3 is 11.9 Å². The highest BCUT2D eigenvalue weighted by molar-refractivity contribution is 9.10. The van der Waals surface area contributed by atoms with Gasteiger partial charge in [0, 0.05) is 39.0 Å². The van der Waals surface area contributed by atoms with Crippen LogP contribution in [-0.4, -0.2) is 77.8 Å². The lowest BCUT2D eigenvalue weighted by Gasteiger charge is -2.22. The molecule has 2 heterocycles. The largest absolute Gasteiger partial charge is 0.466 e. The normalized spacial score (nSPS) is 19.5. The first-order valence-electron chi connectivity index (χ1n) is 14.3. The lowest BCUT2D eigenvalue weighted by atomic mass is 10.0. The predicted molar refractivity (Wildman–Crippen MR) is 146 cm³/mol. The van der Waals surface area contributed by atoms with E-state index in [1.165, 1.54) is 0 Å². The summed E-state index contributed by atoms with van der Waals surface area (Å²) in [6.07, 6.45) is 10.8. The van der Waals surface area contributed by atoms with E-state index < -0.39 is 16.8 Å². The topological polar surface area (TPSA) is 93.2 Å². The van der Waals surface area contributed by atoms with Crippen LogP contribution in [0.25, 0.3) is 0 Å². The number of likely N-dealkylation sites (tertiary alicyclic amines) is 2. The summed E-state index contributed by atoms with van der Waals surface area (Å²) in [5, 5.41) is 0. The van der Waals surface area contributed by atoms with Crippen LogP contribution in [0, 0.1) is 11.8 Å². The summed E-state index contributed by atoms with van der Waals surface area (Å²) >= 11 is 3.25. The van der Waals surface area contributed by atoms with Crippen molar-refractivity contribution >= 4 is 39.7 Å². The second-order valence-corrected chi connectivity index (χ2v) is 11.9. The van der Waals surface area contributed by atoms with Gasteiger partial charge < -0.3 is 19.3 Å². The lowest BCUT2D eigenvalue weighted by molar-refractivity contribution is -0.150. The zero-order chi connectivity index (χ0) is 27.0. The standard InChI is InChI=1S/C28H47BrN2O6/c1-22(11-17-30-15-7-3-5-9-25(30)32)13-19-36-27(34)21-24(29)28(35)37-20-14-23(2)12-18-31-16-8-4-6-10-26(31)33/h22-24H,3-21H2,1-2H3. The third kappa shape index (κ3) is 13.1. The van der Waals surface area contributed by atoms with Crippen molar-refractivity contribution in [3.05, 3.63) is 0 Å². The number of esters is 2. The Kier molecular flexibility index (Phi) is 15.2. The monoisotopic (exact) mass is 586 g/mol. The van der Waals surface area contributed by atoms with E-state index in [-0.39, 0.29) is 18.2 Å². The maximum Gasteiger partial charge on any atom is 0.320 e. The van der Waals surface area contributed by atoms with E-state index in [4.69, 9.17) is 9.47 Å². The molecule has 0 aliphatic carbocycles. The van der Waals surface area contributed by atoms with Crippen LogP contribution >= 0.6 is 15.9 Å². The minimum absolute atomic E-state index is 0.0673. The maximum absolute atomic E-state index is 12.3. The predicted octanol–water partition coefficient (Wildman–Crippen LogP) is 4.86. The van der Waals surface area contributed by atoms with Gasteiger partial charge in [0.15, 0.2) is 0 Å². The van der Waals surface area contributed by atoms with Crippen molar-refractivity contribution in [3.63, 3.8) is 0 Å². The van der Waals surface area contributed by atoms with Gasteiger partial charge in [-0.15, -0.1) is 0 Å². The van der Waals surface area contributed by atoms with Gasteiger partial charge in [0.25, 0.3) is 0 Å². The van der Waals surface area contributed by atoms with Crippen LogP contribution in [0.5, 0.6) is 0 Å². The summed E-state index contributed by atoms with van der Waals surface area (Å²) in [5.41, 5.74) is 0. The summed E-state index contributed by atoms with van der Waals surface area (Å²) in [6.45, 7) is 8.03. The Bertz CT molecular complexity index is 733. The second-order valence-electron chi connectivity index (χ2n) is 10.8. The number of hydrogen-bond donors (Lipinski definition) is 0. The molecule has 2 fully saturated rings. The smallest absolute Gasteiger partial charge is 0.320 e. The highest BCUT2D eigenvalue weighted by Gasteiger charge is 2.22. The average Bonchev–Trinajstić information content (AvgIpc) is 3.20. The number of alkyl halides is 1. The highest BCUT2D eigenvalue weighted by atomic mass is 79.9. The number of carbonyl (C=O) groups excluding carboxylic acids is 4. The fourth-order valence-electron chi connectivity index (χ4n) is 4.70. The van der Waals surface area contributed by atoms with Crippen LogP contribution in [0.4, 0.5) is 0 Å². The van der Waals surface area contributed by atoms with Crippen LogP contribution in [-0.2, 0) is 28.7 Å². The van der Waals surface area contributed by atoms with Gasteiger partial charge in [0.2, 0.25) is 11.8 Å². The number of amides is 2. The molecular formula is C28H47BrN2O6. The molecule has 0 N–H and O–H groups in total. The van der Waals surface area contributed by atoms with E-state index in [1.54, 1.807) is 0 Å². The first kappa shape index (κ1) is 31.6. The fourth-order valence-corrected chi connectivity index (χ4v) is 5.10. The van der Waals surface area contributed by atoms with Crippen molar-refractivity contribution in [1.82, 2.24) is 9.80 Å². The van der Waals surface area contributed by atoms with E-state index in [0.29, 0.717) is 37.9 Å². The Morgan fingerprint density at radius 1 is 0.757 bits per heavy atom. The molecule has 3 atom stereocenters. The third-order valence-electron chi connectivity index (χ3n) is 7.46. The Morgan fingerprint density at radius 3 is 1.76 bits per heavy atom. The minimum Gasteiger partial charge on any atom is -0.466 e. The quantitative estimate of drug-likeness (QED) is 0.201. The second kappa shape index (κ2) is 17.8. The molecule has 0 saturated carbocycles. The van der Waals surface area contributed by atoms with E-state index in [9.17, 15) is 19.2 Å². The first-order chi connectivity index (χ1) is 17.8. The summed E-state index contributed by atoms with van der Waals surface area (Å²) in [5.74, 6) is 0.302. The molecule has 0 spiro atoms. The fraction of sp³-hybridized carbons (Fsp3) is 0.857. The Morgan fingerprint density at radius 2 is 1.24 bits per heavy atom. The molecule has 0 radical (unpaired) electrons. The molecule has 8 nitrogen and oxygen atoms in total. The van der Waals surface area contributed by atoms with Crippen molar-refractivity contribution in [2.75, 3.05) is 39.4 Å². The van der Waals surface area contributed by atoms with Crippen LogP contribution in [0.2, 0.25) is 0 Å². The van der Waals surface area contributed by atoms with E-state index >= 15 is 0 Å². The molecule has 2 aliphatic rings. The number of carbonyl (C=O) groups is 4. The molecule has 0 aromatic carbocycles. The average molecular weight is 588 g/mol. The first-order valence-corrected chi connectivity index (χ1v) is 15.2. The van der Waals surface area contributed by atoms with Gasteiger partial charge in [-0.3, -0.25) is 19.2 Å². The number of nitrogens with zero attached hydrogens (tertiary/aromatic N) is 2. The van der Waals surface area contributed by atoms with Gasteiger partial charge in [-0.1, -0.05) is 42.6 Å². The summed E-state index contributed by atoms with van der Waals surface area (Å²) in [4.78, 5) is 51.8. The van der Waals surface area contributed by atoms with Gasteiger partial charge in [-0.05, 0) is 63.2 Å². The van der Waals surface area contributed by atoms with E-state index in [1.807, 2.05) is 9.80 Å². The van der Waals surface area contributed by atoms with Gasteiger partial charge in [-0.25, -0.2) is 0 Å². The van der Waals surface area contributed by atoms with E-state index in [0.717, 1.165) is 90.4 Å². The van der Waals surface area contributed by atoms with Crippen molar-refractivity contribution in [1.29, 1.82) is 0 Å². The number of rotatable bonds is 15. The van der Waals surface area contributed by atoms with Crippen LogP contribution in [0.15, 0.2) is 0 Å². The molecule has 2 aliphatic heterocycles. The molecule has 3 unspecified atom stereocenters. The summed E-state index contributed by atoms with van der Waals surface area (Å²) in [7, 11) is 0. The molecule has 0 aromatic heterocycles. The van der Waals surface area contributed by atoms with Crippen LogP contribution < -0.4 is 0 Å². The van der Waals surface area contributed by atoms with Crippen molar-refractivity contribution in [2.45, 2.75) is 102 Å². The third-order valence-corrected chi connectivity index (χ3v) is 8.15. The van der Waals surface area contributed by atoms with Gasteiger partial charge in [0.1, 0.15) is 4.83 Å². The Balaban J connectivity index is 1.52. The molecule has 0 bridgehead atoms. The van der Waals surface area contributed by atoms with Crippen LogP contribution in [0.3, 0.4) is 0 Å². The molecular weight excluding hydrogens is 540 g/mol. The molecule has 212 valence electrons. The molecule has 37 heavy (non-hydrogen) atoms. The molecule has 2 rings (SSSR count). The Labute approximate surface area is 231 Å². The number of ether oxygens (including phenoxy) is 2. The molecule has 2 amide bonds. The van der Waals surface area contributed by atoms with Crippen molar-refractivity contribution in [2.24, 2.45) is 11.8 Å². The van der Waals surface area contributed by atoms with Gasteiger partial charge in [-0.2, -0.15) is 0 Å². The zero-order valence-corrected chi connectivity index (χ0v) is 24.5. The SMILES string of the molecule is CC(CCOC(=O)CC(Br)C(=O)OCCC(C)CCN1CCCCCC1=O)CCN1CCCCCC1=O. The summed E-state index contributed by atoms with van der Waals surface area (Å²) < 4.78 is 10.7. The summed E-state index contributed by atoms with van der Waals surface area (Å²) in [6, 6.07) is 0. The lowest BCUT2D eigenvalue weighted by Crippen LogP contribution is -2.32. The van der Waals surface area contributed by atoms with Crippen molar-refractivity contribution in [3.8, 4) is 0 Å².